The number of nitrogens with zero attached hydrogens (tertiary/aromatic N) is 2. The van der Waals surface area contributed by atoms with Gasteiger partial charge < -0.3 is 0 Å². The molecule has 0 aromatic heterocycles. The van der Waals surface area contributed by atoms with Crippen molar-refractivity contribution >= 4 is 16.6 Å². The molecule has 0 aliphatic carbocycles. The topological polar surface area (TPSA) is 70.0 Å². The molecule has 0 bridgehead atoms. The van der Waals surface area contributed by atoms with Gasteiger partial charge in [0.15, 0.2) is 0 Å². The van der Waals surface area contributed by atoms with Crippen LogP contribution in [0.2, 0.25) is 0 Å². The smallest absolute Gasteiger partial charge is 0.269 e. The predicted molar refractivity (Wildman–Crippen MR) is 35.9 cm³/mol. The van der Waals surface area contributed by atoms with Crippen LogP contribution in [0.3, 0.4) is 0 Å². The quantitative estimate of drug-likeness (QED) is 0.535. The summed E-state index contributed by atoms with van der Waals surface area (Å²) in [5.41, 5.74) is 0. The van der Waals surface area contributed by atoms with Gasteiger partial charge in [-0.3, -0.25) is 4.55 Å². The molecular formula is C4H6N2O3S. The molecule has 0 spiro atoms. The zero-order valence-corrected chi connectivity index (χ0v) is 5.82. The summed E-state index contributed by atoms with van der Waals surface area (Å²) in [7, 11) is -4.09. The molecule has 1 rings (SSSR count). The molecule has 6 heteroatoms. The molecule has 0 amide bonds. The highest BCUT2D eigenvalue weighted by atomic mass is 32.2. The number of aliphatic imine (C=N–C) groups is 1. The second-order valence-electron chi connectivity index (χ2n) is 1.70. The van der Waals surface area contributed by atoms with Gasteiger partial charge in [-0.15, -0.1) is 0 Å². The minimum absolute atomic E-state index is 0.141. The van der Waals surface area contributed by atoms with Crippen molar-refractivity contribution in [1.82, 2.24) is 4.31 Å². The fourth-order valence-corrected chi connectivity index (χ4v) is 0.974. The molecule has 0 saturated carbocycles. The third kappa shape index (κ3) is 1.55. The van der Waals surface area contributed by atoms with Crippen LogP contribution in [0.5, 0.6) is 0 Å². The number of hydrogen-bond donors (Lipinski definition) is 1. The van der Waals surface area contributed by atoms with Gasteiger partial charge in [-0.1, -0.05) is 0 Å². The Morgan fingerprint density at radius 2 is 2.30 bits per heavy atom. The molecule has 0 saturated heterocycles. The molecule has 56 valence electrons. The Bertz CT molecular complexity index is 266. The van der Waals surface area contributed by atoms with Crippen molar-refractivity contribution in [2.75, 3.05) is 6.54 Å². The second-order valence-corrected chi connectivity index (χ2v) is 3.06. The van der Waals surface area contributed by atoms with Crippen molar-refractivity contribution in [3.8, 4) is 0 Å². The van der Waals surface area contributed by atoms with Crippen molar-refractivity contribution < 1.29 is 13.0 Å². The van der Waals surface area contributed by atoms with Crippen LogP contribution < -0.4 is 0 Å². The van der Waals surface area contributed by atoms with E-state index >= 15 is 0 Å². The van der Waals surface area contributed by atoms with Gasteiger partial charge in [0.1, 0.15) is 6.34 Å². The fraction of sp³-hybridized carbons (Fsp3) is 0.250. The first-order valence-corrected chi connectivity index (χ1v) is 3.93. The zero-order chi connectivity index (χ0) is 7.61. The molecule has 0 atom stereocenters. The molecule has 0 aromatic carbocycles. The summed E-state index contributed by atoms with van der Waals surface area (Å²) < 4.78 is 29.8. The summed E-state index contributed by atoms with van der Waals surface area (Å²) in [6.07, 6.45) is 4.03. The first kappa shape index (κ1) is 7.23. The van der Waals surface area contributed by atoms with Crippen LogP contribution in [-0.2, 0) is 10.3 Å². The number of hydrogen-bond acceptors (Lipinski definition) is 3. The first-order chi connectivity index (χ1) is 4.61. The van der Waals surface area contributed by atoms with Crippen LogP contribution in [0.4, 0.5) is 0 Å². The SMILES string of the molecule is O=S(=O)(O)N1C=NC=CC1. The molecule has 0 radical (unpaired) electrons. The summed E-state index contributed by atoms with van der Waals surface area (Å²) in [5.74, 6) is 0. The molecule has 1 aliphatic rings. The van der Waals surface area contributed by atoms with Gasteiger partial charge in [-0.05, 0) is 6.08 Å². The van der Waals surface area contributed by atoms with Crippen molar-refractivity contribution in [2.45, 2.75) is 0 Å². The third-order valence-electron chi connectivity index (χ3n) is 0.969. The maximum absolute atomic E-state index is 10.3. The van der Waals surface area contributed by atoms with Crippen molar-refractivity contribution in [1.29, 1.82) is 0 Å². The Balaban J connectivity index is 2.79. The summed E-state index contributed by atoms with van der Waals surface area (Å²) in [4.78, 5) is 3.51. The average Bonchev–Trinajstić information content (AvgIpc) is 1.88. The molecule has 1 N–H and O–H groups in total. The maximum Gasteiger partial charge on any atom is 0.360 e. The molecular weight excluding hydrogens is 156 g/mol. The highest BCUT2D eigenvalue weighted by Crippen LogP contribution is 1.97. The van der Waals surface area contributed by atoms with E-state index in [1.807, 2.05) is 0 Å². The third-order valence-corrected chi connectivity index (χ3v) is 1.80. The van der Waals surface area contributed by atoms with Crippen molar-refractivity contribution in [3.05, 3.63) is 12.3 Å². The normalized spacial score (nSPS) is 17.9. The Morgan fingerprint density at radius 3 is 2.60 bits per heavy atom. The summed E-state index contributed by atoms with van der Waals surface area (Å²) >= 11 is 0. The molecule has 1 heterocycles. The van der Waals surface area contributed by atoms with Gasteiger partial charge in [0, 0.05) is 6.20 Å². The molecule has 0 unspecified atom stereocenters. The largest absolute Gasteiger partial charge is 0.360 e. The summed E-state index contributed by atoms with van der Waals surface area (Å²) in [5, 5.41) is 0. The van der Waals surface area contributed by atoms with Gasteiger partial charge in [0.2, 0.25) is 0 Å². The lowest BCUT2D eigenvalue weighted by molar-refractivity contribution is 0.432. The van der Waals surface area contributed by atoms with E-state index in [0.717, 1.165) is 10.6 Å². The van der Waals surface area contributed by atoms with E-state index in [-0.39, 0.29) is 6.54 Å². The first-order valence-electron chi connectivity index (χ1n) is 2.53. The molecule has 0 aromatic rings. The monoisotopic (exact) mass is 162 g/mol. The minimum Gasteiger partial charge on any atom is -0.269 e. The van der Waals surface area contributed by atoms with Crippen LogP contribution in [0.25, 0.3) is 0 Å². The zero-order valence-electron chi connectivity index (χ0n) is 5.01. The highest BCUT2D eigenvalue weighted by Gasteiger charge is 2.13. The Kier molecular flexibility index (Phi) is 1.73. The van der Waals surface area contributed by atoms with Crippen LogP contribution in [0.1, 0.15) is 0 Å². The Hall–Kier alpha value is -0.880. The second kappa shape index (κ2) is 2.39. The summed E-state index contributed by atoms with van der Waals surface area (Å²) in [6.45, 7) is 0.141. The fourth-order valence-electron chi connectivity index (χ4n) is 0.526. The van der Waals surface area contributed by atoms with Gasteiger partial charge in [-0.25, -0.2) is 9.30 Å². The van der Waals surface area contributed by atoms with E-state index in [9.17, 15) is 8.42 Å². The van der Waals surface area contributed by atoms with E-state index in [1.54, 1.807) is 0 Å². The molecule has 1 aliphatic heterocycles. The lowest BCUT2D eigenvalue weighted by Gasteiger charge is -2.13. The van der Waals surface area contributed by atoms with Gasteiger partial charge in [0.25, 0.3) is 0 Å². The van der Waals surface area contributed by atoms with Crippen LogP contribution >= 0.6 is 0 Å². The standard InChI is InChI=1S/C4H6N2O3S/c7-10(8,9)6-3-1-2-5-4-6/h1-2,4H,3H2,(H,7,8,9). The molecule has 5 nitrogen and oxygen atoms in total. The number of rotatable bonds is 1. The van der Waals surface area contributed by atoms with Crippen molar-refractivity contribution in [3.63, 3.8) is 0 Å². The highest BCUT2D eigenvalue weighted by molar-refractivity contribution is 7.83. The summed E-state index contributed by atoms with van der Waals surface area (Å²) in [6, 6.07) is 0. The Labute approximate surface area is 58.6 Å². The minimum atomic E-state index is -4.09. The van der Waals surface area contributed by atoms with E-state index in [0.29, 0.717) is 0 Å². The van der Waals surface area contributed by atoms with Crippen molar-refractivity contribution in [2.24, 2.45) is 4.99 Å². The molecule has 10 heavy (non-hydrogen) atoms. The van der Waals surface area contributed by atoms with Crippen LogP contribution in [0, 0.1) is 0 Å². The van der Waals surface area contributed by atoms with Crippen LogP contribution in [-0.4, -0.2) is 30.2 Å². The average molecular weight is 162 g/mol. The van der Waals surface area contributed by atoms with E-state index < -0.39 is 10.3 Å². The van der Waals surface area contributed by atoms with Crippen LogP contribution in [0.15, 0.2) is 17.3 Å². The van der Waals surface area contributed by atoms with Gasteiger partial charge >= 0.3 is 10.3 Å². The maximum atomic E-state index is 10.3. The van der Waals surface area contributed by atoms with E-state index in [4.69, 9.17) is 4.55 Å². The van der Waals surface area contributed by atoms with Gasteiger partial charge in [0.05, 0.1) is 6.54 Å². The molecule has 0 fully saturated rings. The lowest BCUT2D eigenvalue weighted by atomic mass is 10.6. The Morgan fingerprint density at radius 1 is 1.60 bits per heavy atom. The van der Waals surface area contributed by atoms with Gasteiger partial charge in [-0.2, -0.15) is 8.42 Å². The van der Waals surface area contributed by atoms with E-state index in [2.05, 4.69) is 4.99 Å². The lowest BCUT2D eigenvalue weighted by Crippen LogP contribution is -2.30. The van der Waals surface area contributed by atoms with E-state index in [1.165, 1.54) is 12.3 Å². The predicted octanol–water partition coefficient (Wildman–Crippen LogP) is -0.353.